The molecule has 17 heavy (non-hydrogen) atoms. The van der Waals surface area contributed by atoms with Crippen LogP contribution < -0.4 is 5.73 Å². The molecule has 0 saturated heterocycles. The van der Waals surface area contributed by atoms with Crippen LogP contribution in [0.15, 0.2) is 41.8 Å². The number of rotatable bonds is 4. The van der Waals surface area contributed by atoms with Crippen LogP contribution in [0, 0.1) is 0 Å². The highest BCUT2D eigenvalue weighted by atomic mass is 32.1. The first-order valence-corrected chi connectivity index (χ1v) is 6.99. The number of hydrogen-bond donors (Lipinski definition) is 1. The van der Waals surface area contributed by atoms with Crippen molar-refractivity contribution >= 4 is 11.3 Å². The van der Waals surface area contributed by atoms with Crippen LogP contribution in [0.5, 0.6) is 0 Å². The largest absolute Gasteiger partial charge is 0.320 e. The first-order chi connectivity index (χ1) is 8.22. The summed E-state index contributed by atoms with van der Waals surface area (Å²) >= 11 is 1.72. The summed E-state index contributed by atoms with van der Waals surface area (Å²) in [6.45, 7) is 4.48. The predicted octanol–water partition coefficient (Wildman–Crippen LogP) is 4.31. The Bertz CT molecular complexity index is 444. The summed E-state index contributed by atoms with van der Waals surface area (Å²) in [5, 5.41) is 2.07. The van der Waals surface area contributed by atoms with Crippen LogP contribution in [0.3, 0.4) is 0 Å². The monoisotopic (exact) mass is 245 g/mol. The van der Waals surface area contributed by atoms with Crippen molar-refractivity contribution in [2.24, 2.45) is 5.73 Å². The maximum absolute atomic E-state index is 6.23. The third-order valence-electron chi connectivity index (χ3n) is 3.33. The normalized spacial score (nSPS) is 14.5. The summed E-state index contributed by atoms with van der Waals surface area (Å²) in [6, 6.07) is 12.9. The van der Waals surface area contributed by atoms with Gasteiger partial charge in [0, 0.05) is 4.88 Å². The van der Waals surface area contributed by atoms with Crippen LogP contribution in [-0.2, 0) is 0 Å². The molecule has 1 aromatic carbocycles. The first-order valence-electron chi connectivity index (χ1n) is 6.11. The molecule has 2 aromatic rings. The second kappa shape index (κ2) is 5.48. The van der Waals surface area contributed by atoms with Gasteiger partial charge in [0.2, 0.25) is 0 Å². The Kier molecular flexibility index (Phi) is 3.97. The molecule has 0 radical (unpaired) electrons. The van der Waals surface area contributed by atoms with E-state index >= 15 is 0 Å². The van der Waals surface area contributed by atoms with E-state index in [1.165, 1.54) is 22.4 Å². The smallest absolute Gasteiger partial charge is 0.0645 e. The van der Waals surface area contributed by atoms with Crippen molar-refractivity contribution < 1.29 is 0 Å². The molecule has 0 unspecified atom stereocenters. The average Bonchev–Trinajstić information content (AvgIpc) is 2.91. The third kappa shape index (κ3) is 2.76. The van der Waals surface area contributed by atoms with Gasteiger partial charge in [-0.05, 0) is 34.9 Å². The summed E-state index contributed by atoms with van der Waals surface area (Å²) in [6.07, 6.45) is 1.18. The Labute approximate surface area is 107 Å². The van der Waals surface area contributed by atoms with Gasteiger partial charge in [-0.1, -0.05) is 44.2 Å². The number of thiophene rings is 1. The molecule has 0 bridgehead atoms. The maximum atomic E-state index is 6.23. The molecule has 0 amide bonds. The van der Waals surface area contributed by atoms with Gasteiger partial charge in [-0.25, -0.2) is 0 Å². The van der Waals surface area contributed by atoms with E-state index in [-0.39, 0.29) is 6.04 Å². The Morgan fingerprint density at radius 1 is 1.12 bits per heavy atom. The Morgan fingerprint density at radius 3 is 2.29 bits per heavy atom. The van der Waals surface area contributed by atoms with Crippen LogP contribution in [0.4, 0.5) is 0 Å². The number of nitrogens with two attached hydrogens (primary N) is 1. The summed E-state index contributed by atoms with van der Waals surface area (Å²) in [7, 11) is 0. The fraction of sp³-hybridized carbons (Fsp3) is 0.333. The lowest BCUT2D eigenvalue weighted by molar-refractivity contribution is 0.732. The van der Waals surface area contributed by atoms with E-state index in [1.54, 1.807) is 11.3 Å². The standard InChI is InChI=1S/C15H19NS/c1-3-11(2)12-6-8-13(9-7-12)15(16)14-5-4-10-17-14/h4-11,15H,3,16H2,1-2H3/t11-,15+/m0/s1. The van der Waals surface area contributed by atoms with Gasteiger partial charge in [0.05, 0.1) is 6.04 Å². The zero-order valence-corrected chi connectivity index (χ0v) is 11.2. The molecule has 0 spiro atoms. The lowest BCUT2D eigenvalue weighted by Gasteiger charge is -2.13. The van der Waals surface area contributed by atoms with Crippen molar-refractivity contribution in [2.45, 2.75) is 32.2 Å². The fourth-order valence-electron chi connectivity index (χ4n) is 1.90. The van der Waals surface area contributed by atoms with Crippen LogP contribution in [0.25, 0.3) is 0 Å². The summed E-state index contributed by atoms with van der Waals surface area (Å²) in [4.78, 5) is 1.22. The molecule has 0 fully saturated rings. The van der Waals surface area contributed by atoms with Crippen LogP contribution in [-0.4, -0.2) is 0 Å². The molecule has 0 aliphatic heterocycles. The number of benzene rings is 1. The van der Waals surface area contributed by atoms with Gasteiger partial charge in [0.1, 0.15) is 0 Å². The predicted molar refractivity (Wildman–Crippen MR) is 75.5 cm³/mol. The van der Waals surface area contributed by atoms with E-state index < -0.39 is 0 Å². The second-order valence-electron chi connectivity index (χ2n) is 4.47. The topological polar surface area (TPSA) is 26.0 Å². The summed E-state index contributed by atoms with van der Waals surface area (Å²) in [5.74, 6) is 0.627. The fourth-order valence-corrected chi connectivity index (χ4v) is 2.65. The SMILES string of the molecule is CC[C@H](C)c1ccc([C@@H](N)c2cccs2)cc1. The van der Waals surface area contributed by atoms with Crippen molar-refractivity contribution in [3.63, 3.8) is 0 Å². The van der Waals surface area contributed by atoms with Crippen LogP contribution >= 0.6 is 11.3 Å². The molecule has 1 aromatic heterocycles. The van der Waals surface area contributed by atoms with Gasteiger partial charge in [0.15, 0.2) is 0 Å². The molecule has 0 aliphatic carbocycles. The molecular formula is C15H19NS. The van der Waals surface area contributed by atoms with Gasteiger partial charge in [-0.3, -0.25) is 0 Å². The lowest BCUT2D eigenvalue weighted by Crippen LogP contribution is -2.10. The molecule has 0 aliphatic rings. The van der Waals surface area contributed by atoms with Crippen molar-refractivity contribution in [3.8, 4) is 0 Å². The quantitative estimate of drug-likeness (QED) is 0.853. The van der Waals surface area contributed by atoms with Crippen LogP contribution in [0.2, 0.25) is 0 Å². The lowest BCUT2D eigenvalue weighted by atomic mass is 9.96. The van der Waals surface area contributed by atoms with Crippen molar-refractivity contribution in [2.75, 3.05) is 0 Å². The zero-order chi connectivity index (χ0) is 12.3. The van der Waals surface area contributed by atoms with Gasteiger partial charge in [0.25, 0.3) is 0 Å². The van der Waals surface area contributed by atoms with E-state index in [4.69, 9.17) is 5.73 Å². The van der Waals surface area contributed by atoms with Gasteiger partial charge in [-0.2, -0.15) is 0 Å². The Hall–Kier alpha value is -1.12. The number of hydrogen-bond acceptors (Lipinski definition) is 2. The van der Waals surface area contributed by atoms with Crippen molar-refractivity contribution in [1.29, 1.82) is 0 Å². The molecule has 2 N–H and O–H groups in total. The maximum Gasteiger partial charge on any atom is 0.0645 e. The van der Waals surface area contributed by atoms with E-state index in [2.05, 4.69) is 49.6 Å². The third-order valence-corrected chi connectivity index (χ3v) is 4.28. The van der Waals surface area contributed by atoms with Gasteiger partial charge >= 0.3 is 0 Å². The molecule has 90 valence electrons. The minimum Gasteiger partial charge on any atom is -0.320 e. The Morgan fingerprint density at radius 2 is 1.76 bits per heavy atom. The van der Waals surface area contributed by atoms with E-state index in [9.17, 15) is 0 Å². The molecule has 2 rings (SSSR count). The Balaban J connectivity index is 2.18. The van der Waals surface area contributed by atoms with Crippen molar-refractivity contribution in [1.82, 2.24) is 0 Å². The minimum atomic E-state index is 0.0148. The van der Waals surface area contributed by atoms with Crippen LogP contribution in [0.1, 0.15) is 48.2 Å². The highest BCUT2D eigenvalue weighted by molar-refractivity contribution is 7.10. The highest BCUT2D eigenvalue weighted by Crippen LogP contribution is 2.25. The van der Waals surface area contributed by atoms with E-state index in [1.807, 2.05) is 6.07 Å². The highest BCUT2D eigenvalue weighted by Gasteiger charge is 2.10. The second-order valence-corrected chi connectivity index (χ2v) is 5.45. The molecule has 1 nitrogen and oxygen atoms in total. The first kappa shape index (κ1) is 12.3. The van der Waals surface area contributed by atoms with E-state index in [0.29, 0.717) is 5.92 Å². The van der Waals surface area contributed by atoms with Gasteiger partial charge in [-0.15, -0.1) is 11.3 Å². The molecular weight excluding hydrogens is 226 g/mol. The molecule has 2 heteroatoms. The summed E-state index contributed by atoms with van der Waals surface area (Å²) in [5.41, 5.74) is 8.82. The van der Waals surface area contributed by atoms with Crippen molar-refractivity contribution in [3.05, 3.63) is 57.8 Å². The summed E-state index contributed by atoms with van der Waals surface area (Å²) < 4.78 is 0. The molecule has 0 saturated carbocycles. The zero-order valence-electron chi connectivity index (χ0n) is 10.4. The average molecular weight is 245 g/mol. The van der Waals surface area contributed by atoms with E-state index in [0.717, 1.165) is 0 Å². The molecule has 2 atom stereocenters. The van der Waals surface area contributed by atoms with Gasteiger partial charge < -0.3 is 5.73 Å². The molecule has 1 heterocycles. The minimum absolute atomic E-state index is 0.0148.